The largest absolute Gasteiger partial charge is 0.366 e. The van der Waals surface area contributed by atoms with Crippen LogP contribution < -0.4 is 5.32 Å². The maximum atomic E-state index is 4.18. The van der Waals surface area contributed by atoms with Gasteiger partial charge in [-0.25, -0.2) is 4.98 Å². The third-order valence-corrected chi connectivity index (χ3v) is 1.80. The highest BCUT2D eigenvalue weighted by atomic mass is 15.1. The lowest BCUT2D eigenvalue weighted by Gasteiger charge is -2.03. The predicted molar refractivity (Wildman–Crippen MR) is 54.8 cm³/mol. The molecule has 1 aliphatic rings. The minimum Gasteiger partial charge on any atom is -0.366 e. The topological polar surface area (TPSA) is 37.8 Å². The standard InChI is InChI=1S/C8H11N3.C2H6/c1-6-8(10-5-4-9-6)11-7-2-3-7;1-2/h4-5,7H,2-3H2,1H3,(H,10,11);1-2H3. The van der Waals surface area contributed by atoms with Crippen LogP contribution in [-0.4, -0.2) is 16.0 Å². The van der Waals surface area contributed by atoms with Crippen molar-refractivity contribution in [3.8, 4) is 0 Å². The molecule has 0 aliphatic heterocycles. The molecular formula is C10H17N3. The van der Waals surface area contributed by atoms with Crippen molar-refractivity contribution in [2.45, 2.75) is 39.7 Å². The number of hydrogen-bond donors (Lipinski definition) is 1. The molecule has 0 aromatic carbocycles. The van der Waals surface area contributed by atoms with Gasteiger partial charge in [-0.3, -0.25) is 4.98 Å². The Labute approximate surface area is 79.6 Å². The Kier molecular flexibility index (Phi) is 3.68. The van der Waals surface area contributed by atoms with Crippen LogP contribution in [0.25, 0.3) is 0 Å². The van der Waals surface area contributed by atoms with Crippen LogP contribution in [0.5, 0.6) is 0 Å². The van der Waals surface area contributed by atoms with E-state index in [2.05, 4.69) is 15.3 Å². The molecule has 0 unspecified atom stereocenters. The molecule has 1 aromatic rings. The average Bonchev–Trinajstić information content (AvgIpc) is 2.96. The Hall–Kier alpha value is -1.12. The summed E-state index contributed by atoms with van der Waals surface area (Å²) in [6.45, 7) is 5.97. The fourth-order valence-corrected chi connectivity index (χ4v) is 0.970. The summed E-state index contributed by atoms with van der Waals surface area (Å²) in [6, 6.07) is 0.658. The normalized spacial score (nSPS) is 14.4. The van der Waals surface area contributed by atoms with Gasteiger partial charge >= 0.3 is 0 Å². The predicted octanol–water partition coefficient (Wildman–Crippen LogP) is 2.39. The van der Waals surface area contributed by atoms with Crippen molar-refractivity contribution in [3.63, 3.8) is 0 Å². The summed E-state index contributed by atoms with van der Waals surface area (Å²) >= 11 is 0. The van der Waals surface area contributed by atoms with Crippen molar-refractivity contribution >= 4 is 5.82 Å². The van der Waals surface area contributed by atoms with Gasteiger partial charge in [-0.15, -0.1) is 0 Å². The molecule has 0 amide bonds. The van der Waals surface area contributed by atoms with Crippen LogP contribution >= 0.6 is 0 Å². The monoisotopic (exact) mass is 179 g/mol. The Morgan fingerprint density at radius 3 is 2.38 bits per heavy atom. The van der Waals surface area contributed by atoms with Crippen LogP contribution in [-0.2, 0) is 0 Å². The molecule has 0 radical (unpaired) electrons. The minimum atomic E-state index is 0.658. The summed E-state index contributed by atoms with van der Waals surface area (Å²) in [5.41, 5.74) is 0.986. The van der Waals surface area contributed by atoms with E-state index in [4.69, 9.17) is 0 Å². The van der Waals surface area contributed by atoms with Gasteiger partial charge in [-0.2, -0.15) is 0 Å². The summed E-state index contributed by atoms with van der Waals surface area (Å²) in [5.74, 6) is 0.940. The maximum Gasteiger partial charge on any atom is 0.147 e. The Morgan fingerprint density at radius 1 is 1.23 bits per heavy atom. The Bertz CT molecular complexity index is 256. The highest BCUT2D eigenvalue weighted by molar-refractivity contribution is 5.40. The molecule has 1 saturated carbocycles. The number of nitrogens with zero attached hydrogens (tertiary/aromatic N) is 2. The van der Waals surface area contributed by atoms with Gasteiger partial charge in [0.25, 0.3) is 0 Å². The van der Waals surface area contributed by atoms with Crippen molar-refractivity contribution < 1.29 is 0 Å². The fourth-order valence-electron chi connectivity index (χ4n) is 0.970. The molecule has 0 spiro atoms. The molecule has 1 aliphatic carbocycles. The molecule has 13 heavy (non-hydrogen) atoms. The number of aromatic nitrogens is 2. The molecule has 1 heterocycles. The zero-order chi connectivity index (χ0) is 9.68. The SMILES string of the molecule is CC.Cc1nccnc1NC1CC1. The van der Waals surface area contributed by atoms with E-state index in [-0.39, 0.29) is 0 Å². The maximum absolute atomic E-state index is 4.18. The third kappa shape index (κ3) is 3.01. The van der Waals surface area contributed by atoms with Gasteiger partial charge in [0.2, 0.25) is 0 Å². The van der Waals surface area contributed by atoms with Gasteiger partial charge in [0.05, 0.1) is 5.69 Å². The van der Waals surface area contributed by atoms with E-state index in [0.717, 1.165) is 11.5 Å². The lowest BCUT2D eigenvalue weighted by atomic mass is 10.4. The van der Waals surface area contributed by atoms with Crippen LogP contribution in [0.3, 0.4) is 0 Å². The molecule has 1 fully saturated rings. The van der Waals surface area contributed by atoms with Crippen LogP contribution in [0.1, 0.15) is 32.4 Å². The second kappa shape index (κ2) is 4.80. The van der Waals surface area contributed by atoms with E-state index in [1.54, 1.807) is 12.4 Å². The van der Waals surface area contributed by atoms with Gasteiger partial charge < -0.3 is 5.32 Å². The highest BCUT2D eigenvalue weighted by Gasteiger charge is 2.21. The zero-order valence-corrected chi connectivity index (χ0v) is 8.54. The first-order chi connectivity index (χ1) is 6.36. The molecule has 0 saturated heterocycles. The molecule has 0 atom stereocenters. The van der Waals surface area contributed by atoms with Crippen molar-refractivity contribution in [2.24, 2.45) is 0 Å². The van der Waals surface area contributed by atoms with Crippen LogP contribution in [0, 0.1) is 6.92 Å². The van der Waals surface area contributed by atoms with Crippen molar-refractivity contribution in [1.82, 2.24) is 9.97 Å². The minimum absolute atomic E-state index is 0.658. The molecule has 1 aromatic heterocycles. The van der Waals surface area contributed by atoms with Gasteiger partial charge in [-0.1, -0.05) is 13.8 Å². The molecule has 2 rings (SSSR count). The second-order valence-electron chi connectivity index (χ2n) is 2.91. The zero-order valence-electron chi connectivity index (χ0n) is 8.54. The van der Waals surface area contributed by atoms with Gasteiger partial charge in [0.15, 0.2) is 0 Å². The Morgan fingerprint density at radius 2 is 1.85 bits per heavy atom. The smallest absolute Gasteiger partial charge is 0.147 e. The lowest BCUT2D eigenvalue weighted by molar-refractivity contribution is 1.05. The number of aryl methyl sites for hydroxylation is 1. The second-order valence-corrected chi connectivity index (χ2v) is 2.91. The van der Waals surface area contributed by atoms with Crippen LogP contribution in [0.15, 0.2) is 12.4 Å². The first-order valence-electron chi connectivity index (χ1n) is 4.90. The fraction of sp³-hybridized carbons (Fsp3) is 0.600. The number of anilines is 1. The summed E-state index contributed by atoms with van der Waals surface area (Å²) in [6.07, 6.45) is 5.98. The van der Waals surface area contributed by atoms with Gasteiger partial charge in [0.1, 0.15) is 5.82 Å². The summed E-state index contributed by atoms with van der Waals surface area (Å²) in [7, 11) is 0. The van der Waals surface area contributed by atoms with E-state index in [0.29, 0.717) is 6.04 Å². The molecule has 1 N–H and O–H groups in total. The first-order valence-corrected chi connectivity index (χ1v) is 4.90. The lowest BCUT2D eigenvalue weighted by Crippen LogP contribution is -2.05. The summed E-state index contributed by atoms with van der Waals surface area (Å²) < 4.78 is 0. The van der Waals surface area contributed by atoms with Crippen molar-refractivity contribution in [2.75, 3.05) is 5.32 Å². The molecule has 3 nitrogen and oxygen atoms in total. The number of hydrogen-bond acceptors (Lipinski definition) is 3. The summed E-state index contributed by atoms with van der Waals surface area (Å²) in [5, 5.41) is 3.31. The molecular weight excluding hydrogens is 162 g/mol. The molecule has 3 heteroatoms. The Balaban J connectivity index is 0.000000396. The highest BCUT2D eigenvalue weighted by Crippen LogP contribution is 2.24. The van der Waals surface area contributed by atoms with E-state index < -0.39 is 0 Å². The van der Waals surface area contributed by atoms with E-state index >= 15 is 0 Å². The molecule has 0 bridgehead atoms. The number of nitrogens with one attached hydrogen (secondary N) is 1. The van der Waals surface area contributed by atoms with Crippen LogP contribution in [0.4, 0.5) is 5.82 Å². The van der Waals surface area contributed by atoms with Gasteiger partial charge in [-0.05, 0) is 19.8 Å². The quantitative estimate of drug-likeness (QED) is 0.757. The van der Waals surface area contributed by atoms with E-state index in [1.807, 2.05) is 20.8 Å². The van der Waals surface area contributed by atoms with E-state index in [1.165, 1.54) is 12.8 Å². The van der Waals surface area contributed by atoms with Crippen LogP contribution in [0.2, 0.25) is 0 Å². The first kappa shape index (κ1) is 9.96. The number of rotatable bonds is 2. The average molecular weight is 179 g/mol. The summed E-state index contributed by atoms with van der Waals surface area (Å²) in [4.78, 5) is 8.32. The molecule has 72 valence electrons. The van der Waals surface area contributed by atoms with Crippen molar-refractivity contribution in [1.29, 1.82) is 0 Å². The third-order valence-electron chi connectivity index (χ3n) is 1.80. The van der Waals surface area contributed by atoms with Gasteiger partial charge in [0, 0.05) is 18.4 Å². The van der Waals surface area contributed by atoms with E-state index in [9.17, 15) is 0 Å². The van der Waals surface area contributed by atoms with Crippen molar-refractivity contribution in [3.05, 3.63) is 18.1 Å².